The number of amides is 1. The van der Waals surface area contributed by atoms with Crippen molar-refractivity contribution in [2.45, 2.75) is 46.6 Å². The Morgan fingerprint density at radius 1 is 1.34 bits per heavy atom. The molecule has 0 bridgehead atoms. The highest BCUT2D eigenvalue weighted by atomic mass is 32.1. The minimum atomic E-state index is -0.0979. The molecule has 1 fully saturated rings. The van der Waals surface area contributed by atoms with Crippen molar-refractivity contribution in [3.8, 4) is 0 Å². The molecule has 0 saturated carbocycles. The minimum absolute atomic E-state index is 0.0508. The van der Waals surface area contributed by atoms with E-state index in [9.17, 15) is 9.59 Å². The summed E-state index contributed by atoms with van der Waals surface area (Å²) in [4.78, 5) is 31.3. The molecule has 0 spiro atoms. The number of aryl methyl sites for hydroxylation is 2. The van der Waals surface area contributed by atoms with E-state index in [1.165, 1.54) is 11.3 Å². The molecule has 1 aromatic carbocycles. The molecule has 1 atom stereocenters. The van der Waals surface area contributed by atoms with Gasteiger partial charge in [-0.3, -0.25) is 14.5 Å². The number of ether oxygens (including phenoxy) is 1. The third kappa shape index (κ3) is 6.11. The van der Waals surface area contributed by atoms with Gasteiger partial charge in [0, 0.05) is 24.2 Å². The van der Waals surface area contributed by atoms with E-state index in [1.807, 2.05) is 44.4 Å². The van der Waals surface area contributed by atoms with Crippen LogP contribution in [0, 0.1) is 19.8 Å². The predicted octanol–water partition coefficient (Wildman–Crippen LogP) is 3.72. The van der Waals surface area contributed by atoms with Crippen LogP contribution >= 0.6 is 11.3 Å². The maximum absolute atomic E-state index is 12.4. The number of anilines is 1. The second-order valence-corrected chi connectivity index (χ2v) is 8.54. The van der Waals surface area contributed by atoms with Gasteiger partial charge in [-0.05, 0) is 57.4 Å². The second-order valence-electron chi connectivity index (χ2n) is 7.60. The van der Waals surface area contributed by atoms with Crippen LogP contribution in [-0.2, 0) is 27.3 Å². The van der Waals surface area contributed by atoms with Crippen LogP contribution in [0.4, 0.5) is 5.69 Å². The summed E-state index contributed by atoms with van der Waals surface area (Å²) < 4.78 is 5.17. The third-order valence-corrected chi connectivity index (χ3v) is 5.99. The number of thiazole rings is 1. The largest absolute Gasteiger partial charge is 0.466 e. The molecule has 156 valence electrons. The zero-order valence-corrected chi connectivity index (χ0v) is 18.2. The number of aromatic nitrogens is 1. The predicted molar refractivity (Wildman–Crippen MR) is 115 cm³/mol. The average Bonchev–Trinajstić information content (AvgIpc) is 3.11. The summed E-state index contributed by atoms with van der Waals surface area (Å²) in [6, 6.07) is 6.02. The van der Waals surface area contributed by atoms with Gasteiger partial charge in [0.1, 0.15) is 5.01 Å². The van der Waals surface area contributed by atoms with Crippen LogP contribution < -0.4 is 5.32 Å². The molecule has 1 aliphatic rings. The Bertz CT molecular complexity index is 865. The van der Waals surface area contributed by atoms with Crippen molar-refractivity contribution >= 4 is 28.9 Å². The maximum Gasteiger partial charge on any atom is 0.310 e. The van der Waals surface area contributed by atoms with Crippen molar-refractivity contribution in [3.05, 3.63) is 45.4 Å². The third-order valence-electron chi connectivity index (χ3n) is 5.09. The topological polar surface area (TPSA) is 71.5 Å². The molecule has 29 heavy (non-hydrogen) atoms. The lowest BCUT2D eigenvalue weighted by Crippen LogP contribution is -2.39. The van der Waals surface area contributed by atoms with E-state index in [-0.39, 0.29) is 24.2 Å². The van der Waals surface area contributed by atoms with Crippen molar-refractivity contribution in [1.29, 1.82) is 0 Å². The van der Waals surface area contributed by atoms with Gasteiger partial charge < -0.3 is 10.1 Å². The van der Waals surface area contributed by atoms with Gasteiger partial charge in [-0.1, -0.05) is 12.1 Å². The van der Waals surface area contributed by atoms with E-state index in [0.29, 0.717) is 19.7 Å². The molecular weight excluding hydrogens is 386 g/mol. The van der Waals surface area contributed by atoms with Crippen LogP contribution in [0.15, 0.2) is 23.6 Å². The quantitative estimate of drug-likeness (QED) is 0.698. The fraction of sp³-hybridized carbons (Fsp3) is 0.500. The summed E-state index contributed by atoms with van der Waals surface area (Å²) in [6.45, 7) is 8.62. The van der Waals surface area contributed by atoms with E-state index in [0.717, 1.165) is 46.9 Å². The smallest absolute Gasteiger partial charge is 0.310 e. The van der Waals surface area contributed by atoms with E-state index in [1.54, 1.807) is 0 Å². The summed E-state index contributed by atoms with van der Waals surface area (Å²) >= 11 is 1.51. The molecule has 0 aliphatic carbocycles. The fourth-order valence-corrected chi connectivity index (χ4v) is 4.37. The van der Waals surface area contributed by atoms with E-state index in [2.05, 4.69) is 15.2 Å². The molecule has 6 nitrogen and oxygen atoms in total. The summed E-state index contributed by atoms with van der Waals surface area (Å²) in [7, 11) is 0. The first-order valence-electron chi connectivity index (χ1n) is 10.1. The Hall–Kier alpha value is -2.25. The standard InChI is InChI=1S/C22H29N3O3S/c1-4-28-22(27)17-6-5-9-25(12-17)13-18-14-29-21(23-18)11-20(26)24-19-10-15(2)7-8-16(19)3/h7-8,10,14,17H,4-6,9,11-13H2,1-3H3,(H,24,26)/t17-/m0/s1. The molecule has 2 aromatic rings. The maximum atomic E-state index is 12.4. The molecular formula is C22H29N3O3S. The molecule has 3 rings (SSSR count). The summed E-state index contributed by atoms with van der Waals surface area (Å²) in [5, 5.41) is 5.80. The van der Waals surface area contributed by atoms with Gasteiger partial charge >= 0.3 is 5.97 Å². The highest BCUT2D eigenvalue weighted by Gasteiger charge is 2.27. The molecule has 7 heteroatoms. The molecule has 1 amide bonds. The van der Waals surface area contributed by atoms with E-state index >= 15 is 0 Å². The van der Waals surface area contributed by atoms with Crippen molar-refractivity contribution in [1.82, 2.24) is 9.88 Å². The number of esters is 1. The Morgan fingerprint density at radius 2 is 2.17 bits per heavy atom. The van der Waals surface area contributed by atoms with Gasteiger partial charge in [-0.2, -0.15) is 0 Å². The van der Waals surface area contributed by atoms with Crippen molar-refractivity contribution in [3.63, 3.8) is 0 Å². The first-order chi connectivity index (χ1) is 13.9. The molecule has 1 N–H and O–H groups in total. The first kappa shape index (κ1) is 21.5. The molecule has 1 aromatic heterocycles. The van der Waals surface area contributed by atoms with Crippen molar-refractivity contribution in [2.24, 2.45) is 5.92 Å². The van der Waals surface area contributed by atoms with Crippen LogP contribution in [0.1, 0.15) is 41.6 Å². The Kier molecular flexibility index (Phi) is 7.39. The van der Waals surface area contributed by atoms with Gasteiger partial charge in [0.25, 0.3) is 0 Å². The molecule has 1 aliphatic heterocycles. The van der Waals surface area contributed by atoms with Crippen molar-refractivity contribution in [2.75, 3.05) is 25.0 Å². The number of nitrogens with one attached hydrogen (secondary N) is 1. The molecule has 1 saturated heterocycles. The molecule has 0 radical (unpaired) electrons. The lowest BCUT2D eigenvalue weighted by atomic mass is 9.98. The van der Waals surface area contributed by atoms with Crippen LogP contribution in [0.5, 0.6) is 0 Å². The Balaban J connectivity index is 1.53. The summed E-state index contributed by atoms with van der Waals surface area (Å²) in [5.41, 5.74) is 3.97. The van der Waals surface area contributed by atoms with Crippen LogP contribution in [0.25, 0.3) is 0 Å². The number of carbonyl (C=O) groups excluding carboxylic acids is 2. The summed E-state index contributed by atoms with van der Waals surface area (Å²) in [5.74, 6) is -0.204. The highest BCUT2D eigenvalue weighted by molar-refractivity contribution is 7.09. The SMILES string of the molecule is CCOC(=O)[C@H]1CCCN(Cc2csc(CC(=O)Nc3cc(C)ccc3C)n2)C1. The van der Waals surface area contributed by atoms with Crippen LogP contribution in [-0.4, -0.2) is 41.5 Å². The lowest BCUT2D eigenvalue weighted by molar-refractivity contribution is -0.150. The normalized spacial score (nSPS) is 17.1. The number of carbonyl (C=O) groups is 2. The minimum Gasteiger partial charge on any atom is -0.466 e. The Labute approximate surface area is 176 Å². The number of hydrogen-bond acceptors (Lipinski definition) is 6. The first-order valence-corrected chi connectivity index (χ1v) is 11.0. The number of rotatable bonds is 7. The van der Waals surface area contributed by atoms with Gasteiger partial charge in [0.05, 0.1) is 24.6 Å². The van der Waals surface area contributed by atoms with Gasteiger partial charge in [0.15, 0.2) is 0 Å². The number of benzene rings is 1. The number of hydrogen-bond donors (Lipinski definition) is 1. The number of likely N-dealkylation sites (tertiary alicyclic amines) is 1. The van der Waals surface area contributed by atoms with E-state index in [4.69, 9.17) is 4.74 Å². The second kappa shape index (κ2) is 9.98. The van der Waals surface area contributed by atoms with Crippen molar-refractivity contribution < 1.29 is 14.3 Å². The zero-order valence-electron chi connectivity index (χ0n) is 17.4. The monoisotopic (exact) mass is 415 g/mol. The number of nitrogens with zero attached hydrogens (tertiary/aromatic N) is 2. The van der Waals surface area contributed by atoms with Crippen LogP contribution in [0.3, 0.4) is 0 Å². The van der Waals surface area contributed by atoms with Gasteiger partial charge in [0.2, 0.25) is 5.91 Å². The van der Waals surface area contributed by atoms with E-state index < -0.39 is 0 Å². The van der Waals surface area contributed by atoms with Gasteiger partial charge in [-0.15, -0.1) is 11.3 Å². The lowest BCUT2D eigenvalue weighted by Gasteiger charge is -2.30. The van der Waals surface area contributed by atoms with Gasteiger partial charge in [-0.25, -0.2) is 4.98 Å². The molecule has 2 heterocycles. The number of piperidine rings is 1. The Morgan fingerprint density at radius 3 is 2.97 bits per heavy atom. The highest BCUT2D eigenvalue weighted by Crippen LogP contribution is 2.21. The summed E-state index contributed by atoms with van der Waals surface area (Å²) in [6.07, 6.45) is 2.14. The van der Waals surface area contributed by atoms with Crippen LogP contribution in [0.2, 0.25) is 0 Å². The molecule has 0 unspecified atom stereocenters. The zero-order chi connectivity index (χ0) is 20.8. The fourth-order valence-electron chi connectivity index (χ4n) is 3.59. The average molecular weight is 416 g/mol.